The summed E-state index contributed by atoms with van der Waals surface area (Å²) in [5, 5.41) is 0. The van der Waals surface area contributed by atoms with Gasteiger partial charge < -0.3 is 5.73 Å². The van der Waals surface area contributed by atoms with E-state index in [4.69, 9.17) is 18.0 Å². The van der Waals surface area contributed by atoms with Crippen molar-refractivity contribution in [3.63, 3.8) is 0 Å². The van der Waals surface area contributed by atoms with Crippen LogP contribution in [-0.2, 0) is 10.2 Å². The molecule has 0 aromatic rings. The van der Waals surface area contributed by atoms with Crippen molar-refractivity contribution in [2.75, 3.05) is 19.6 Å². The van der Waals surface area contributed by atoms with Crippen LogP contribution in [0.3, 0.4) is 0 Å². The minimum absolute atomic E-state index is 0.0255. The minimum Gasteiger partial charge on any atom is -0.392 e. The first-order valence-electron chi connectivity index (χ1n) is 6.39. The number of nitrogens with zero attached hydrogens (tertiary/aromatic N) is 1. The molecule has 1 rings (SSSR count). The van der Waals surface area contributed by atoms with Crippen LogP contribution >= 0.6 is 12.2 Å². The van der Waals surface area contributed by atoms with Gasteiger partial charge in [-0.05, 0) is 33.6 Å². The number of thiocarbonyl (C=S) groups is 1. The fourth-order valence-electron chi connectivity index (χ4n) is 2.08. The van der Waals surface area contributed by atoms with E-state index < -0.39 is 15.7 Å². The number of rotatable bonds is 5. The molecule has 0 saturated carbocycles. The first-order valence-corrected chi connectivity index (χ1v) is 8.28. The number of nitrogens with two attached hydrogens (primary N) is 1. The summed E-state index contributed by atoms with van der Waals surface area (Å²) in [6, 6.07) is -0.0255. The molecule has 0 aliphatic carbocycles. The second-order valence-electron chi connectivity index (χ2n) is 5.99. The molecule has 1 saturated heterocycles. The highest BCUT2D eigenvalue weighted by molar-refractivity contribution is 7.87. The summed E-state index contributed by atoms with van der Waals surface area (Å²) in [6.45, 7) is 7.67. The lowest BCUT2D eigenvalue weighted by atomic mass is 10.1. The summed E-state index contributed by atoms with van der Waals surface area (Å²) in [7, 11) is -3.45. The van der Waals surface area contributed by atoms with Gasteiger partial charge in [-0.15, -0.1) is 0 Å². The minimum atomic E-state index is -3.45. The van der Waals surface area contributed by atoms with Gasteiger partial charge in [-0.3, -0.25) is 4.90 Å². The van der Waals surface area contributed by atoms with E-state index >= 15 is 0 Å². The van der Waals surface area contributed by atoms with E-state index in [-0.39, 0.29) is 6.04 Å². The maximum absolute atomic E-state index is 11.9. The molecule has 0 radical (unpaired) electrons. The Morgan fingerprint density at radius 1 is 1.37 bits per heavy atom. The van der Waals surface area contributed by atoms with E-state index in [0.717, 1.165) is 25.9 Å². The highest BCUT2D eigenvalue weighted by Crippen LogP contribution is 2.11. The van der Waals surface area contributed by atoms with Crippen molar-refractivity contribution in [1.29, 1.82) is 0 Å². The van der Waals surface area contributed by atoms with Gasteiger partial charge in [-0.1, -0.05) is 12.2 Å². The van der Waals surface area contributed by atoms with Crippen LogP contribution in [0, 0.1) is 0 Å². The summed E-state index contributed by atoms with van der Waals surface area (Å²) in [5.41, 5.74) is 5.02. The number of piperidine rings is 1. The smallest absolute Gasteiger partial charge is 0.277 e. The summed E-state index contributed by atoms with van der Waals surface area (Å²) in [6.07, 6.45) is 1.54. The predicted molar refractivity (Wildman–Crippen MR) is 81.2 cm³/mol. The molecule has 0 aromatic carbocycles. The van der Waals surface area contributed by atoms with Crippen molar-refractivity contribution in [3.8, 4) is 0 Å². The van der Waals surface area contributed by atoms with Crippen molar-refractivity contribution in [2.24, 2.45) is 5.73 Å². The molecule has 8 heteroatoms. The fourth-order valence-corrected chi connectivity index (χ4v) is 3.80. The fraction of sp³-hybridized carbons (Fsp3) is 0.909. The van der Waals surface area contributed by atoms with Gasteiger partial charge in [0.2, 0.25) is 0 Å². The van der Waals surface area contributed by atoms with Gasteiger partial charge in [0.25, 0.3) is 10.2 Å². The Bertz CT molecular complexity index is 409. The third-order valence-corrected chi connectivity index (χ3v) is 4.38. The van der Waals surface area contributed by atoms with Crippen LogP contribution in [-0.4, -0.2) is 49.5 Å². The van der Waals surface area contributed by atoms with Gasteiger partial charge in [0.1, 0.15) is 0 Å². The predicted octanol–water partition coefficient (Wildman–Crippen LogP) is -0.0406. The van der Waals surface area contributed by atoms with E-state index in [2.05, 4.69) is 14.3 Å². The van der Waals surface area contributed by atoms with Crippen molar-refractivity contribution in [1.82, 2.24) is 14.3 Å². The third kappa shape index (κ3) is 7.17. The number of hydrogen-bond donors (Lipinski definition) is 3. The molecule has 1 fully saturated rings. The van der Waals surface area contributed by atoms with E-state index in [1.165, 1.54) is 0 Å². The molecular weight excluding hydrogens is 284 g/mol. The van der Waals surface area contributed by atoms with Gasteiger partial charge in [0, 0.05) is 31.2 Å². The molecule has 0 amide bonds. The second kappa shape index (κ2) is 6.45. The van der Waals surface area contributed by atoms with Gasteiger partial charge in [-0.2, -0.15) is 17.9 Å². The van der Waals surface area contributed by atoms with Crippen LogP contribution in [0.1, 0.15) is 33.6 Å². The molecule has 0 aromatic heterocycles. The molecule has 0 unspecified atom stereocenters. The van der Waals surface area contributed by atoms with Crippen LogP contribution in [0.2, 0.25) is 0 Å². The van der Waals surface area contributed by atoms with E-state index in [9.17, 15) is 8.42 Å². The largest absolute Gasteiger partial charge is 0.392 e. The zero-order chi connectivity index (χ0) is 14.7. The Morgan fingerprint density at radius 2 is 1.89 bits per heavy atom. The van der Waals surface area contributed by atoms with E-state index in [1.54, 1.807) is 0 Å². The second-order valence-corrected chi connectivity index (χ2v) is 7.96. The molecule has 0 bridgehead atoms. The van der Waals surface area contributed by atoms with Crippen LogP contribution in [0.25, 0.3) is 0 Å². The Kier molecular flexibility index (Phi) is 5.69. The zero-order valence-corrected chi connectivity index (χ0v) is 13.4. The standard InChI is InChI=1S/C11H24N4O2S2/c1-11(2,3)14-19(16,17)13-9-4-6-15(7-5-9)8-10(12)18/h9,13-14H,4-8H2,1-3H3,(H2,12,18). The maximum atomic E-state index is 11.9. The summed E-state index contributed by atoms with van der Waals surface area (Å²) < 4.78 is 29.1. The molecule has 0 atom stereocenters. The molecule has 1 aliphatic heterocycles. The van der Waals surface area contributed by atoms with Gasteiger partial charge in [-0.25, -0.2) is 0 Å². The van der Waals surface area contributed by atoms with Crippen molar-refractivity contribution >= 4 is 27.4 Å². The van der Waals surface area contributed by atoms with Crippen molar-refractivity contribution < 1.29 is 8.42 Å². The monoisotopic (exact) mass is 308 g/mol. The average molecular weight is 308 g/mol. The summed E-state index contributed by atoms with van der Waals surface area (Å²) in [4.78, 5) is 2.62. The van der Waals surface area contributed by atoms with Gasteiger partial charge in [0.15, 0.2) is 0 Å². The zero-order valence-electron chi connectivity index (χ0n) is 11.8. The molecule has 6 nitrogen and oxygen atoms in total. The lowest BCUT2D eigenvalue weighted by molar-refractivity contribution is 0.232. The number of hydrogen-bond acceptors (Lipinski definition) is 4. The van der Waals surface area contributed by atoms with Crippen LogP contribution < -0.4 is 15.2 Å². The van der Waals surface area contributed by atoms with Crippen molar-refractivity contribution in [3.05, 3.63) is 0 Å². The lowest BCUT2D eigenvalue weighted by Gasteiger charge is -2.32. The molecule has 4 N–H and O–H groups in total. The van der Waals surface area contributed by atoms with Crippen LogP contribution in [0.4, 0.5) is 0 Å². The third-order valence-electron chi connectivity index (χ3n) is 2.73. The summed E-state index contributed by atoms with van der Waals surface area (Å²) >= 11 is 4.87. The van der Waals surface area contributed by atoms with Crippen LogP contribution in [0.5, 0.6) is 0 Å². The maximum Gasteiger partial charge on any atom is 0.277 e. The van der Waals surface area contributed by atoms with E-state index in [1.807, 2.05) is 20.8 Å². The summed E-state index contributed by atoms with van der Waals surface area (Å²) in [5.74, 6) is 0. The lowest BCUT2D eigenvalue weighted by Crippen LogP contribution is -2.52. The molecular formula is C11H24N4O2S2. The normalized spacial score (nSPS) is 19.5. The first kappa shape index (κ1) is 16.8. The topological polar surface area (TPSA) is 87.5 Å². The van der Waals surface area contributed by atoms with Crippen LogP contribution in [0.15, 0.2) is 0 Å². The van der Waals surface area contributed by atoms with Gasteiger partial charge in [0.05, 0.1) is 4.99 Å². The first-order chi connectivity index (χ1) is 8.57. The molecule has 0 spiro atoms. The molecule has 112 valence electrons. The average Bonchev–Trinajstić information content (AvgIpc) is 2.15. The Hall–Kier alpha value is -0.280. The highest BCUT2D eigenvalue weighted by Gasteiger charge is 2.26. The molecule has 19 heavy (non-hydrogen) atoms. The Morgan fingerprint density at radius 3 is 2.32 bits per heavy atom. The Balaban J connectivity index is 2.42. The number of nitrogens with one attached hydrogen (secondary N) is 2. The number of likely N-dealkylation sites (tertiary alicyclic amines) is 1. The molecule has 1 aliphatic rings. The molecule has 1 heterocycles. The SMILES string of the molecule is CC(C)(C)NS(=O)(=O)NC1CCN(CC(N)=S)CC1. The van der Waals surface area contributed by atoms with Crippen molar-refractivity contribution in [2.45, 2.75) is 45.2 Å². The highest BCUT2D eigenvalue weighted by atomic mass is 32.2. The van der Waals surface area contributed by atoms with Gasteiger partial charge >= 0.3 is 0 Å². The Labute approximate surface area is 121 Å². The quantitative estimate of drug-likeness (QED) is 0.620. The van der Waals surface area contributed by atoms with E-state index in [0.29, 0.717) is 11.5 Å².